The van der Waals surface area contributed by atoms with Crippen LogP contribution in [0.4, 0.5) is 4.39 Å². The highest BCUT2D eigenvalue weighted by Gasteiger charge is 2.48. The first-order chi connectivity index (χ1) is 20.9. The number of nitrogens with zero attached hydrogens (tertiary/aromatic N) is 2. The van der Waals surface area contributed by atoms with Crippen LogP contribution in [0.25, 0.3) is 22.2 Å². The molecule has 6 rings (SSSR count). The second-order valence-corrected chi connectivity index (χ2v) is 12.7. The van der Waals surface area contributed by atoms with Crippen LogP contribution in [0.3, 0.4) is 0 Å². The van der Waals surface area contributed by atoms with Gasteiger partial charge in [0.2, 0.25) is 5.91 Å². The highest BCUT2D eigenvalue weighted by atomic mass is 19.1. The van der Waals surface area contributed by atoms with Crippen molar-refractivity contribution in [1.29, 1.82) is 0 Å². The highest BCUT2D eigenvalue weighted by Crippen LogP contribution is 2.47. The molecule has 3 heterocycles. The van der Waals surface area contributed by atoms with Gasteiger partial charge in [0.05, 0.1) is 12.8 Å². The Hall–Kier alpha value is -4.37. The number of hydrogen-bond acceptors (Lipinski definition) is 7. The molecule has 2 aromatic carbocycles. The molecular formula is C35H36FN3O5. The zero-order chi connectivity index (χ0) is 31.3. The molecule has 0 saturated heterocycles. The number of carbonyl (C=O) groups is 2. The Kier molecular flexibility index (Phi) is 7.40. The first kappa shape index (κ1) is 29.7. The summed E-state index contributed by atoms with van der Waals surface area (Å²) < 4.78 is 25.4. The van der Waals surface area contributed by atoms with Crippen molar-refractivity contribution >= 4 is 22.6 Å². The van der Waals surface area contributed by atoms with E-state index >= 15 is 0 Å². The van der Waals surface area contributed by atoms with E-state index in [1.165, 1.54) is 19.2 Å². The summed E-state index contributed by atoms with van der Waals surface area (Å²) in [6.45, 7) is 5.58. The smallest absolute Gasteiger partial charge is 0.234 e. The van der Waals surface area contributed by atoms with Gasteiger partial charge in [0.1, 0.15) is 46.1 Å². The van der Waals surface area contributed by atoms with E-state index in [1.807, 2.05) is 19.9 Å². The molecule has 0 spiro atoms. The normalized spacial score (nSPS) is 19.8. The van der Waals surface area contributed by atoms with Gasteiger partial charge in [-0.15, -0.1) is 0 Å². The van der Waals surface area contributed by atoms with Gasteiger partial charge < -0.3 is 19.9 Å². The average Bonchev–Trinajstić information content (AvgIpc) is 3.36. The molecule has 9 heteroatoms. The maximum Gasteiger partial charge on any atom is 0.234 e. The van der Waals surface area contributed by atoms with Crippen LogP contribution < -0.4 is 14.8 Å². The molecule has 1 fully saturated rings. The standard InChI is InChI=1S/C35H36FN3O5/c1-33(13-6-14-33)39-32(41)34(2)20-44-31-25(34)19-28(38-30(31)21-8-10-24(36)11-9-21)35(3,42)15-12-26(40)23-17-22-7-5-16-37-29(22)27(18-23)43-4/h5,7-11,16-19,42H,6,12-15,20H2,1-4H3,(H,39,41)/t34-,35-/m0/s1. The van der Waals surface area contributed by atoms with Crippen molar-refractivity contribution < 1.29 is 28.6 Å². The van der Waals surface area contributed by atoms with Gasteiger partial charge in [0.25, 0.3) is 0 Å². The molecule has 8 nitrogen and oxygen atoms in total. The summed E-state index contributed by atoms with van der Waals surface area (Å²) in [4.78, 5) is 36.3. The van der Waals surface area contributed by atoms with Gasteiger partial charge in [-0.1, -0.05) is 6.07 Å². The zero-order valence-corrected chi connectivity index (χ0v) is 25.4. The molecular weight excluding hydrogens is 561 g/mol. The number of rotatable bonds is 9. The Morgan fingerprint density at radius 2 is 1.89 bits per heavy atom. The van der Waals surface area contributed by atoms with Crippen molar-refractivity contribution in [3.8, 4) is 22.8 Å². The maximum absolute atomic E-state index is 13.8. The summed E-state index contributed by atoms with van der Waals surface area (Å²) in [5.41, 5.74) is 0.161. The fourth-order valence-corrected chi connectivity index (χ4v) is 6.00. The fraction of sp³-hybridized carbons (Fsp3) is 0.371. The summed E-state index contributed by atoms with van der Waals surface area (Å²) in [5.74, 6) is 0.203. The second-order valence-electron chi connectivity index (χ2n) is 12.7. The minimum absolute atomic E-state index is 0.0270. The van der Waals surface area contributed by atoms with Crippen molar-refractivity contribution in [2.24, 2.45) is 0 Å². The van der Waals surface area contributed by atoms with Crippen LogP contribution in [0.15, 0.2) is 60.8 Å². The molecule has 0 bridgehead atoms. The lowest BCUT2D eigenvalue weighted by Gasteiger charge is -2.41. The number of fused-ring (bicyclic) bond motifs is 2. The van der Waals surface area contributed by atoms with Crippen molar-refractivity contribution in [1.82, 2.24) is 15.3 Å². The van der Waals surface area contributed by atoms with Crippen LogP contribution in [0.1, 0.15) is 74.5 Å². The number of ketones is 1. The first-order valence-corrected chi connectivity index (χ1v) is 14.9. The molecule has 2 atom stereocenters. The van der Waals surface area contributed by atoms with Gasteiger partial charge >= 0.3 is 0 Å². The average molecular weight is 598 g/mol. The molecule has 1 aliphatic heterocycles. The third kappa shape index (κ3) is 5.30. The van der Waals surface area contributed by atoms with Crippen LogP contribution in [0.5, 0.6) is 11.5 Å². The molecule has 2 N–H and O–H groups in total. The summed E-state index contributed by atoms with van der Waals surface area (Å²) in [7, 11) is 1.53. The molecule has 2 aromatic heterocycles. The van der Waals surface area contributed by atoms with Crippen molar-refractivity contribution in [2.45, 2.75) is 69.4 Å². The van der Waals surface area contributed by atoms with Gasteiger partial charge in [-0.25, -0.2) is 9.37 Å². The maximum atomic E-state index is 13.8. The molecule has 4 aromatic rings. The molecule has 44 heavy (non-hydrogen) atoms. The van der Waals surface area contributed by atoms with Gasteiger partial charge in [0, 0.05) is 40.2 Å². The number of carbonyl (C=O) groups excluding carboxylic acids is 2. The number of ether oxygens (including phenoxy) is 2. The first-order valence-electron chi connectivity index (χ1n) is 14.9. The number of methoxy groups -OCH3 is 1. The van der Waals surface area contributed by atoms with E-state index in [2.05, 4.69) is 10.3 Å². The minimum atomic E-state index is -1.54. The van der Waals surface area contributed by atoms with E-state index in [4.69, 9.17) is 14.5 Å². The number of benzene rings is 2. The van der Waals surface area contributed by atoms with Crippen molar-refractivity contribution in [3.63, 3.8) is 0 Å². The van der Waals surface area contributed by atoms with Gasteiger partial charge in [-0.2, -0.15) is 0 Å². The largest absolute Gasteiger partial charge is 0.494 e. The van der Waals surface area contributed by atoms with E-state index in [9.17, 15) is 19.1 Å². The Balaban J connectivity index is 1.34. The van der Waals surface area contributed by atoms with Crippen LogP contribution in [0.2, 0.25) is 0 Å². The summed E-state index contributed by atoms with van der Waals surface area (Å²) in [6.07, 6.45) is 4.64. The number of halogens is 1. The Morgan fingerprint density at radius 1 is 1.14 bits per heavy atom. The number of aliphatic hydroxyl groups is 1. The predicted molar refractivity (Wildman–Crippen MR) is 164 cm³/mol. The quantitative estimate of drug-likeness (QED) is 0.227. The van der Waals surface area contributed by atoms with Gasteiger partial charge in [-0.3, -0.25) is 14.6 Å². The number of aromatic nitrogens is 2. The Morgan fingerprint density at radius 3 is 2.57 bits per heavy atom. The molecule has 1 amide bonds. The lowest BCUT2D eigenvalue weighted by atomic mass is 9.76. The molecule has 228 valence electrons. The van der Waals surface area contributed by atoms with E-state index in [-0.39, 0.29) is 36.7 Å². The fourth-order valence-electron chi connectivity index (χ4n) is 6.00. The molecule has 0 unspecified atom stereocenters. The third-order valence-corrected chi connectivity index (χ3v) is 9.17. The molecule has 2 aliphatic rings. The van der Waals surface area contributed by atoms with Crippen LogP contribution in [-0.2, 0) is 15.8 Å². The Bertz CT molecular complexity index is 1770. The summed E-state index contributed by atoms with van der Waals surface area (Å²) >= 11 is 0. The zero-order valence-electron chi connectivity index (χ0n) is 25.4. The molecule has 1 saturated carbocycles. The van der Waals surface area contributed by atoms with Gasteiger partial charge in [0.15, 0.2) is 5.78 Å². The lowest BCUT2D eigenvalue weighted by Crippen LogP contribution is -2.56. The summed E-state index contributed by atoms with van der Waals surface area (Å²) in [6, 6.07) is 14.7. The van der Waals surface area contributed by atoms with Crippen molar-refractivity contribution in [3.05, 3.63) is 83.4 Å². The number of hydrogen-bond donors (Lipinski definition) is 2. The monoisotopic (exact) mass is 597 g/mol. The number of nitrogens with one attached hydrogen (secondary N) is 1. The Labute approximate surface area is 255 Å². The van der Waals surface area contributed by atoms with E-state index in [0.717, 1.165) is 24.6 Å². The van der Waals surface area contributed by atoms with Gasteiger partial charge in [-0.05, 0) is 95.0 Å². The van der Waals surface area contributed by atoms with Crippen LogP contribution in [-0.4, -0.2) is 46.0 Å². The van der Waals surface area contributed by atoms with E-state index in [1.54, 1.807) is 49.5 Å². The highest BCUT2D eigenvalue weighted by molar-refractivity contribution is 6.01. The van der Waals surface area contributed by atoms with E-state index in [0.29, 0.717) is 45.1 Å². The SMILES string of the molecule is COc1cc(C(=O)CC[C@](C)(O)c2cc3c(c(-c4ccc(F)cc4)n2)OC[C@]3(C)C(=O)NC2(C)CCC2)cc2cccnc12. The second kappa shape index (κ2) is 11.0. The third-order valence-electron chi connectivity index (χ3n) is 9.17. The van der Waals surface area contributed by atoms with Crippen LogP contribution >= 0.6 is 0 Å². The molecule has 0 radical (unpaired) electrons. The molecule has 1 aliphatic carbocycles. The summed E-state index contributed by atoms with van der Waals surface area (Å²) in [5, 5.41) is 15.8. The number of Topliss-reactive ketones (excluding diaryl/α,β-unsaturated/α-hetero) is 1. The lowest BCUT2D eigenvalue weighted by molar-refractivity contribution is -0.129. The number of pyridine rings is 2. The van der Waals surface area contributed by atoms with Crippen LogP contribution in [0, 0.1) is 5.82 Å². The number of amides is 1. The van der Waals surface area contributed by atoms with Crippen molar-refractivity contribution in [2.75, 3.05) is 13.7 Å². The topological polar surface area (TPSA) is 111 Å². The predicted octanol–water partition coefficient (Wildman–Crippen LogP) is 6.02. The minimum Gasteiger partial charge on any atom is -0.494 e. The van der Waals surface area contributed by atoms with E-state index < -0.39 is 16.8 Å².